The van der Waals surface area contributed by atoms with Gasteiger partial charge >= 0.3 is 5.97 Å². The summed E-state index contributed by atoms with van der Waals surface area (Å²) < 4.78 is 0.960. The fourth-order valence-corrected chi connectivity index (χ4v) is 4.83. The molecule has 1 saturated heterocycles. The second-order valence-electron chi connectivity index (χ2n) is 6.45. The molecule has 1 aliphatic heterocycles. The van der Waals surface area contributed by atoms with Crippen molar-refractivity contribution >= 4 is 33.4 Å². The highest BCUT2D eigenvalue weighted by Gasteiger charge is 2.47. The van der Waals surface area contributed by atoms with E-state index in [9.17, 15) is 14.7 Å². The van der Waals surface area contributed by atoms with Gasteiger partial charge < -0.3 is 10.0 Å². The number of carbonyl (C=O) groups is 2. The molecule has 120 valence electrons. The summed E-state index contributed by atoms with van der Waals surface area (Å²) in [4.78, 5) is 30.6. The minimum atomic E-state index is -0.883. The number of carbonyl (C=O) groups excluding carboxylic acids is 1. The highest BCUT2D eigenvalue weighted by molar-refractivity contribution is 7.16. The minimum absolute atomic E-state index is 0.0782. The summed E-state index contributed by atoms with van der Waals surface area (Å²) in [5, 5.41) is 9.56. The van der Waals surface area contributed by atoms with E-state index in [1.54, 1.807) is 16.5 Å². The summed E-state index contributed by atoms with van der Waals surface area (Å²) in [6.45, 7) is 0. The fourth-order valence-electron chi connectivity index (χ4n) is 4.11. The molecule has 1 amide bonds. The molecule has 23 heavy (non-hydrogen) atoms. The lowest BCUT2D eigenvalue weighted by Crippen LogP contribution is -2.46. The van der Waals surface area contributed by atoms with Crippen LogP contribution in [0.4, 0.5) is 0 Å². The van der Waals surface area contributed by atoms with Gasteiger partial charge in [0.05, 0.1) is 15.7 Å². The molecule has 1 aromatic carbocycles. The Morgan fingerprint density at radius 1 is 1.26 bits per heavy atom. The maximum atomic E-state index is 13.0. The highest BCUT2D eigenvalue weighted by Crippen LogP contribution is 2.40. The fraction of sp³-hybridized carbons (Fsp3) is 0.471. The standard InChI is InChI=1S/C17H18N2O3S/c20-16(11-5-6-12-15(8-11)23-9-18-12)19-13-4-2-1-3-10(13)7-14(19)17(21)22/h5-6,8-10,13-14H,1-4,7H2,(H,21,22)/t10-,13+,14+/m1/s1. The Bertz CT molecular complexity index is 772. The van der Waals surface area contributed by atoms with Gasteiger partial charge in [0, 0.05) is 11.6 Å². The van der Waals surface area contributed by atoms with Crippen molar-refractivity contribution in [1.82, 2.24) is 9.88 Å². The molecule has 0 bridgehead atoms. The molecule has 5 nitrogen and oxygen atoms in total. The molecule has 0 unspecified atom stereocenters. The first-order valence-corrected chi connectivity index (χ1v) is 8.92. The van der Waals surface area contributed by atoms with Crippen LogP contribution in [0.5, 0.6) is 0 Å². The monoisotopic (exact) mass is 330 g/mol. The third-order valence-electron chi connectivity index (χ3n) is 5.19. The summed E-state index contributed by atoms with van der Waals surface area (Å²) in [6, 6.07) is 4.83. The lowest BCUT2D eigenvalue weighted by atomic mass is 9.84. The number of hydrogen-bond acceptors (Lipinski definition) is 4. The Balaban J connectivity index is 1.70. The Labute approximate surface area is 137 Å². The minimum Gasteiger partial charge on any atom is -0.480 e. The van der Waals surface area contributed by atoms with Crippen LogP contribution in [0.2, 0.25) is 0 Å². The number of rotatable bonds is 2. The Morgan fingerprint density at radius 2 is 2.09 bits per heavy atom. The molecule has 1 aliphatic carbocycles. The first kappa shape index (κ1) is 14.6. The van der Waals surface area contributed by atoms with Crippen molar-refractivity contribution in [2.45, 2.75) is 44.2 Å². The van der Waals surface area contributed by atoms with Crippen LogP contribution in [0, 0.1) is 5.92 Å². The Morgan fingerprint density at radius 3 is 2.91 bits per heavy atom. The van der Waals surface area contributed by atoms with Gasteiger partial charge in [-0.3, -0.25) is 4.79 Å². The highest BCUT2D eigenvalue weighted by atomic mass is 32.1. The Kier molecular flexibility index (Phi) is 3.56. The van der Waals surface area contributed by atoms with Gasteiger partial charge in [-0.2, -0.15) is 0 Å². The predicted octanol–water partition coefficient (Wildman–Crippen LogP) is 3.15. The van der Waals surface area contributed by atoms with E-state index in [4.69, 9.17) is 0 Å². The predicted molar refractivity (Wildman–Crippen MR) is 87.6 cm³/mol. The lowest BCUT2D eigenvalue weighted by molar-refractivity contribution is -0.141. The quantitative estimate of drug-likeness (QED) is 0.918. The molecular formula is C17H18N2O3S. The summed E-state index contributed by atoms with van der Waals surface area (Å²) >= 11 is 1.49. The van der Waals surface area contributed by atoms with Gasteiger partial charge in [0.2, 0.25) is 0 Å². The van der Waals surface area contributed by atoms with Crippen molar-refractivity contribution in [3.63, 3.8) is 0 Å². The van der Waals surface area contributed by atoms with Gasteiger partial charge in [-0.05, 0) is 43.4 Å². The van der Waals surface area contributed by atoms with Crippen LogP contribution in [0.25, 0.3) is 10.2 Å². The van der Waals surface area contributed by atoms with E-state index in [-0.39, 0.29) is 11.9 Å². The average molecular weight is 330 g/mol. The van der Waals surface area contributed by atoms with Crippen molar-refractivity contribution in [2.75, 3.05) is 0 Å². The van der Waals surface area contributed by atoms with E-state index < -0.39 is 12.0 Å². The molecule has 1 aromatic heterocycles. The van der Waals surface area contributed by atoms with E-state index in [1.807, 2.05) is 12.1 Å². The van der Waals surface area contributed by atoms with Crippen LogP contribution in [-0.4, -0.2) is 39.0 Å². The van der Waals surface area contributed by atoms with Gasteiger partial charge in [0.15, 0.2) is 0 Å². The van der Waals surface area contributed by atoms with Gasteiger partial charge in [-0.25, -0.2) is 9.78 Å². The number of carboxylic acids is 1. The molecule has 0 spiro atoms. The third-order valence-corrected chi connectivity index (χ3v) is 5.98. The smallest absolute Gasteiger partial charge is 0.326 e. The number of aliphatic carboxylic acids is 1. The molecule has 1 N–H and O–H groups in total. The van der Waals surface area contributed by atoms with Crippen LogP contribution in [-0.2, 0) is 4.79 Å². The van der Waals surface area contributed by atoms with E-state index in [0.717, 1.165) is 35.9 Å². The van der Waals surface area contributed by atoms with Crippen molar-refractivity contribution in [3.05, 3.63) is 29.3 Å². The molecule has 0 radical (unpaired) electrons. The van der Waals surface area contributed by atoms with Crippen LogP contribution >= 0.6 is 11.3 Å². The SMILES string of the molecule is O=C(O)[C@@H]1C[C@H]2CCCC[C@@H]2N1C(=O)c1ccc2ncsc2c1. The molecule has 2 heterocycles. The second-order valence-corrected chi connectivity index (χ2v) is 7.34. The van der Waals surface area contributed by atoms with Crippen molar-refractivity contribution in [1.29, 1.82) is 0 Å². The van der Waals surface area contributed by atoms with E-state index in [2.05, 4.69) is 4.98 Å². The molecule has 2 aromatic rings. The summed E-state index contributed by atoms with van der Waals surface area (Å²) in [5.74, 6) is -0.699. The largest absolute Gasteiger partial charge is 0.480 e. The van der Waals surface area contributed by atoms with Crippen LogP contribution in [0.3, 0.4) is 0 Å². The van der Waals surface area contributed by atoms with E-state index in [0.29, 0.717) is 17.9 Å². The summed E-state index contributed by atoms with van der Waals surface area (Å²) in [6.07, 6.45) is 4.76. The van der Waals surface area contributed by atoms with Gasteiger partial charge in [0.25, 0.3) is 5.91 Å². The van der Waals surface area contributed by atoms with Gasteiger partial charge in [-0.1, -0.05) is 12.8 Å². The van der Waals surface area contributed by atoms with Gasteiger partial charge in [-0.15, -0.1) is 11.3 Å². The molecular weight excluding hydrogens is 312 g/mol. The van der Waals surface area contributed by atoms with Crippen LogP contribution in [0.1, 0.15) is 42.5 Å². The number of likely N-dealkylation sites (tertiary alicyclic amines) is 1. The van der Waals surface area contributed by atoms with Crippen molar-refractivity contribution < 1.29 is 14.7 Å². The zero-order valence-corrected chi connectivity index (χ0v) is 13.5. The zero-order chi connectivity index (χ0) is 16.0. The third kappa shape index (κ3) is 2.41. The maximum Gasteiger partial charge on any atom is 0.326 e. The molecule has 2 aliphatic rings. The van der Waals surface area contributed by atoms with Crippen molar-refractivity contribution in [3.8, 4) is 0 Å². The zero-order valence-electron chi connectivity index (χ0n) is 12.6. The number of thiazole rings is 1. The normalized spacial score (nSPS) is 27.1. The second kappa shape index (κ2) is 5.60. The number of fused-ring (bicyclic) bond motifs is 2. The van der Waals surface area contributed by atoms with Crippen LogP contribution < -0.4 is 0 Å². The topological polar surface area (TPSA) is 70.5 Å². The molecule has 2 fully saturated rings. The number of aromatic nitrogens is 1. The number of amides is 1. The molecule has 4 rings (SSSR count). The number of benzene rings is 1. The number of carboxylic acid groups (broad SMARTS) is 1. The molecule has 3 atom stereocenters. The van der Waals surface area contributed by atoms with E-state index in [1.165, 1.54) is 11.3 Å². The molecule has 6 heteroatoms. The number of nitrogens with zero attached hydrogens (tertiary/aromatic N) is 2. The Hall–Kier alpha value is -1.95. The summed E-state index contributed by atoms with van der Waals surface area (Å²) in [5.41, 5.74) is 3.20. The van der Waals surface area contributed by atoms with E-state index >= 15 is 0 Å². The summed E-state index contributed by atoms with van der Waals surface area (Å²) in [7, 11) is 0. The number of hydrogen-bond donors (Lipinski definition) is 1. The first-order valence-electron chi connectivity index (χ1n) is 8.04. The lowest BCUT2D eigenvalue weighted by Gasteiger charge is -2.33. The first-order chi connectivity index (χ1) is 11.1. The van der Waals surface area contributed by atoms with Crippen LogP contribution in [0.15, 0.2) is 23.7 Å². The molecule has 1 saturated carbocycles. The maximum absolute atomic E-state index is 13.0. The van der Waals surface area contributed by atoms with Gasteiger partial charge in [0.1, 0.15) is 6.04 Å². The van der Waals surface area contributed by atoms with Crippen molar-refractivity contribution in [2.24, 2.45) is 5.92 Å². The average Bonchev–Trinajstić information content (AvgIpc) is 3.17.